The van der Waals surface area contributed by atoms with Crippen LogP contribution in [0.15, 0.2) is 12.1 Å². The third kappa shape index (κ3) is 2.25. The molecular weight excluding hydrogens is 212 g/mol. The maximum atomic E-state index is 5.12. The predicted molar refractivity (Wildman–Crippen MR) is 72.2 cm³/mol. The van der Waals surface area contributed by atoms with Gasteiger partial charge in [0.05, 0.1) is 11.4 Å². The summed E-state index contributed by atoms with van der Waals surface area (Å²) in [5.41, 5.74) is 10.8. The molecule has 3 heteroatoms. The molecule has 1 aromatic carbocycles. The molecule has 0 bridgehead atoms. The van der Waals surface area contributed by atoms with E-state index in [9.17, 15) is 0 Å². The summed E-state index contributed by atoms with van der Waals surface area (Å²) >= 11 is 0. The maximum absolute atomic E-state index is 5.12. The lowest BCUT2D eigenvalue weighted by Crippen LogP contribution is -2.17. The summed E-state index contributed by atoms with van der Waals surface area (Å²) < 4.78 is 0. The van der Waals surface area contributed by atoms with Gasteiger partial charge in [-0.2, -0.15) is 4.94 Å². The highest BCUT2D eigenvalue weighted by Crippen LogP contribution is 2.41. The topological polar surface area (TPSA) is 33.3 Å². The molecule has 0 radical (unpaired) electrons. The van der Waals surface area contributed by atoms with E-state index in [1.165, 1.54) is 11.1 Å². The Morgan fingerprint density at radius 1 is 0.882 bits per heavy atom. The van der Waals surface area contributed by atoms with Gasteiger partial charge in [0.2, 0.25) is 0 Å². The van der Waals surface area contributed by atoms with Gasteiger partial charge in [-0.25, -0.2) is 11.0 Å². The van der Waals surface area contributed by atoms with Crippen LogP contribution >= 0.6 is 0 Å². The third-order valence-electron chi connectivity index (χ3n) is 3.13. The Kier molecular flexibility index (Phi) is 2.62. The summed E-state index contributed by atoms with van der Waals surface area (Å²) in [7, 11) is 0. The number of rotatable bonds is 0. The van der Waals surface area contributed by atoms with Crippen molar-refractivity contribution < 1.29 is 4.94 Å². The van der Waals surface area contributed by atoms with Crippen LogP contribution in [0.3, 0.4) is 0 Å². The van der Waals surface area contributed by atoms with Crippen LogP contribution in [0, 0.1) is 0 Å². The molecule has 1 aliphatic heterocycles. The van der Waals surface area contributed by atoms with Gasteiger partial charge in [-0.15, -0.1) is 0 Å². The van der Waals surface area contributed by atoms with Gasteiger partial charge in [-0.05, 0) is 28.0 Å². The zero-order chi connectivity index (χ0) is 12.8. The molecule has 1 aliphatic rings. The predicted octanol–water partition coefficient (Wildman–Crippen LogP) is 3.97. The van der Waals surface area contributed by atoms with Crippen molar-refractivity contribution >= 4 is 11.4 Å². The van der Waals surface area contributed by atoms with E-state index in [2.05, 4.69) is 64.6 Å². The van der Waals surface area contributed by atoms with E-state index in [1.54, 1.807) is 0 Å². The Balaban J connectivity index is 2.62. The molecule has 0 atom stereocenters. The SMILES string of the molecule is CC(C)(C)c1cc2c(c(C(C)(C)C)c1)NON2. The molecule has 0 saturated heterocycles. The van der Waals surface area contributed by atoms with Crippen LogP contribution in [-0.2, 0) is 15.8 Å². The van der Waals surface area contributed by atoms with Crippen molar-refractivity contribution in [2.75, 3.05) is 11.0 Å². The van der Waals surface area contributed by atoms with Crippen molar-refractivity contribution in [3.05, 3.63) is 23.3 Å². The van der Waals surface area contributed by atoms with Crippen molar-refractivity contribution in [3.63, 3.8) is 0 Å². The first-order chi connectivity index (χ1) is 7.69. The lowest BCUT2D eigenvalue weighted by molar-refractivity contribution is 0.281. The van der Waals surface area contributed by atoms with Gasteiger partial charge in [0.1, 0.15) is 0 Å². The van der Waals surface area contributed by atoms with Crippen LogP contribution in [0.25, 0.3) is 0 Å². The summed E-state index contributed by atoms with van der Waals surface area (Å²) in [5, 5.41) is 0. The normalized spacial score (nSPS) is 15.2. The van der Waals surface area contributed by atoms with Crippen LogP contribution in [0.4, 0.5) is 11.4 Å². The van der Waals surface area contributed by atoms with E-state index in [-0.39, 0.29) is 10.8 Å². The van der Waals surface area contributed by atoms with Crippen molar-refractivity contribution in [1.82, 2.24) is 0 Å². The molecule has 0 aromatic heterocycles. The lowest BCUT2D eigenvalue weighted by Gasteiger charge is -2.26. The van der Waals surface area contributed by atoms with Gasteiger partial charge in [-0.3, -0.25) is 0 Å². The molecule has 0 amide bonds. The molecule has 0 saturated carbocycles. The minimum atomic E-state index is 0.0910. The van der Waals surface area contributed by atoms with Crippen molar-refractivity contribution in [1.29, 1.82) is 0 Å². The van der Waals surface area contributed by atoms with E-state index in [1.807, 2.05) is 0 Å². The Labute approximate surface area is 103 Å². The molecule has 3 nitrogen and oxygen atoms in total. The first kappa shape index (κ1) is 12.2. The third-order valence-corrected chi connectivity index (χ3v) is 3.13. The molecule has 1 heterocycles. The fourth-order valence-corrected chi connectivity index (χ4v) is 1.99. The van der Waals surface area contributed by atoms with E-state index in [0.29, 0.717) is 0 Å². The Morgan fingerprint density at radius 3 is 2.06 bits per heavy atom. The zero-order valence-electron chi connectivity index (χ0n) is 11.6. The van der Waals surface area contributed by atoms with E-state index < -0.39 is 0 Å². The first-order valence-electron chi connectivity index (χ1n) is 6.06. The number of nitrogens with one attached hydrogen (secondary N) is 2. The van der Waals surface area contributed by atoms with Crippen LogP contribution in [0.1, 0.15) is 52.7 Å². The molecular formula is C14H22N2O. The number of fused-ring (bicyclic) bond motifs is 1. The van der Waals surface area contributed by atoms with Gasteiger partial charge in [-0.1, -0.05) is 47.6 Å². The molecule has 2 rings (SSSR count). The molecule has 0 fully saturated rings. The maximum Gasteiger partial charge on any atom is 0.0921 e. The highest BCUT2D eigenvalue weighted by Gasteiger charge is 2.27. The Hall–Kier alpha value is -1.22. The number of hydrogen-bond donors (Lipinski definition) is 2. The average Bonchev–Trinajstić information content (AvgIpc) is 2.59. The van der Waals surface area contributed by atoms with Crippen LogP contribution in [0.5, 0.6) is 0 Å². The smallest absolute Gasteiger partial charge is 0.0921 e. The minimum absolute atomic E-state index is 0.0910. The van der Waals surface area contributed by atoms with Gasteiger partial charge < -0.3 is 0 Å². The van der Waals surface area contributed by atoms with Crippen molar-refractivity contribution in [3.8, 4) is 0 Å². The van der Waals surface area contributed by atoms with Crippen molar-refractivity contribution in [2.45, 2.75) is 52.4 Å². The molecule has 0 aliphatic carbocycles. The second kappa shape index (κ2) is 3.64. The summed E-state index contributed by atoms with van der Waals surface area (Å²) in [6.07, 6.45) is 0. The van der Waals surface area contributed by atoms with Gasteiger partial charge in [0.25, 0.3) is 0 Å². The molecule has 17 heavy (non-hydrogen) atoms. The fraction of sp³-hybridized carbons (Fsp3) is 0.571. The molecule has 1 aromatic rings. The lowest BCUT2D eigenvalue weighted by atomic mass is 9.79. The fourth-order valence-electron chi connectivity index (χ4n) is 1.99. The number of benzene rings is 1. The molecule has 94 valence electrons. The molecule has 0 spiro atoms. The van der Waals surface area contributed by atoms with E-state index >= 15 is 0 Å². The highest BCUT2D eigenvalue weighted by atomic mass is 16.8. The average molecular weight is 234 g/mol. The second-order valence-corrected chi connectivity index (χ2v) is 6.75. The van der Waals surface area contributed by atoms with Gasteiger partial charge >= 0.3 is 0 Å². The first-order valence-corrected chi connectivity index (χ1v) is 6.06. The van der Waals surface area contributed by atoms with Gasteiger partial charge in [0, 0.05) is 0 Å². The van der Waals surface area contributed by atoms with Gasteiger partial charge in [0.15, 0.2) is 0 Å². The Bertz CT molecular complexity index is 439. The monoisotopic (exact) mass is 234 g/mol. The largest absolute Gasteiger partial charge is 0.240 e. The summed E-state index contributed by atoms with van der Waals surface area (Å²) in [5.74, 6) is 0. The minimum Gasteiger partial charge on any atom is -0.240 e. The number of hydrogen-bond acceptors (Lipinski definition) is 3. The zero-order valence-corrected chi connectivity index (χ0v) is 11.6. The highest BCUT2D eigenvalue weighted by molar-refractivity contribution is 5.76. The molecule has 2 N–H and O–H groups in total. The van der Waals surface area contributed by atoms with Crippen LogP contribution < -0.4 is 11.0 Å². The van der Waals surface area contributed by atoms with Crippen molar-refractivity contribution in [2.24, 2.45) is 0 Å². The number of anilines is 2. The summed E-state index contributed by atoms with van der Waals surface area (Å²) in [6, 6.07) is 4.44. The summed E-state index contributed by atoms with van der Waals surface area (Å²) in [6.45, 7) is 13.3. The van der Waals surface area contributed by atoms with Crippen LogP contribution in [-0.4, -0.2) is 0 Å². The van der Waals surface area contributed by atoms with E-state index in [4.69, 9.17) is 4.94 Å². The standard InChI is InChI=1S/C14H22N2O/c1-13(2,3)9-7-10(14(4,5)6)12-11(8-9)15-17-16-12/h7-8,15-16H,1-6H3. The Morgan fingerprint density at radius 2 is 1.53 bits per heavy atom. The quantitative estimate of drug-likeness (QED) is 0.712. The van der Waals surface area contributed by atoms with Crippen LogP contribution in [0.2, 0.25) is 0 Å². The molecule has 0 unspecified atom stereocenters. The van der Waals surface area contributed by atoms with E-state index in [0.717, 1.165) is 11.4 Å². The summed E-state index contributed by atoms with van der Waals surface area (Å²) in [4.78, 5) is 5.12. The second-order valence-electron chi connectivity index (χ2n) is 6.75.